The minimum Gasteiger partial charge on any atom is -0.330 e. The van der Waals surface area contributed by atoms with Gasteiger partial charge in [0.05, 0.1) is 0 Å². The summed E-state index contributed by atoms with van der Waals surface area (Å²) in [5.74, 6) is -1.92. The predicted octanol–water partition coefficient (Wildman–Crippen LogP) is 0.982. The van der Waals surface area contributed by atoms with Gasteiger partial charge < -0.3 is 5.73 Å². The smallest absolute Gasteiger partial charge is 0.243 e. The lowest BCUT2D eigenvalue weighted by Gasteiger charge is -2.07. The minimum atomic E-state index is -3.92. The van der Waals surface area contributed by atoms with Crippen LogP contribution in [0.1, 0.15) is 12.8 Å². The van der Waals surface area contributed by atoms with Crippen molar-refractivity contribution >= 4 is 10.0 Å². The molecule has 0 aliphatic heterocycles. The van der Waals surface area contributed by atoms with E-state index in [4.69, 9.17) is 5.73 Å². The van der Waals surface area contributed by atoms with Crippen LogP contribution in [-0.2, 0) is 10.0 Å². The van der Waals surface area contributed by atoms with Crippen molar-refractivity contribution in [1.82, 2.24) is 4.72 Å². The number of unbranched alkanes of at least 4 members (excludes halogenated alkanes) is 1. The van der Waals surface area contributed by atoms with Crippen molar-refractivity contribution in [2.24, 2.45) is 5.73 Å². The van der Waals surface area contributed by atoms with Crippen LogP contribution in [0.15, 0.2) is 23.1 Å². The predicted molar refractivity (Wildman–Crippen MR) is 59.8 cm³/mol. The summed E-state index contributed by atoms with van der Waals surface area (Å²) < 4.78 is 51.3. The normalized spacial score (nSPS) is 11.7. The van der Waals surface area contributed by atoms with Gasteiger partial charge in [-0.05, 0) is 31.5 Å². The molecule has 4 nitrogen and oxygen atoms in total. The molecular weight excluding hydrogens is 250 g/mol. The lowest BCUT2D eigenvalue weighted by molar-refractivity contribution is 0.541. The summed E-state index contributed by atoms with van der Waals surface area (Å²) in [4.78, 5) is -0.549. The van der Waals surface area contributed by atoms with Crippen molar-refractivity contribution in [3.8, 4) is 0 Å². The Balaban J connectivity index is 2.76. The van der Waals surface area contributed by atoms with Crippen LogP contribution in [0.4, 0.5) is 8.78 Å². The number of rotatable bonds is 6. The van der Waals surface area contributed by atoms with Gasteiger partial charge in [-0.15, -0.1) is 0 Å². The molecule has 0 amide bonds. The van der Waals surface area contributed by atoms with Gasteiger partial charge in [0.1, 0.15) is 16.5 Å². The van der Waals surface area contributed by atoms with Crippen LogP contribution < -0.4 is 10.5 Å². The summed E-state index contributed by atoms with van der Waals surface area (Å²) in [5, 5.41) is 0. The fraction of sp³-hybridized carbons (Fsp3) is 0.400. The summed E-state index contributed by atoms with van der Waals surface area (Å²) >= 11 is 0. The highest BCUT2D eigenvalue weighted by atomic mass is 32.2. The number of benzene rings is 1. The third kappa shape index (κ3) is 4.03. The maximum absolute atomic E-state index is 13.2. The third-order valence-corrected chi connectivity index (χ3v) is 3.60. The van der Waals surface area contributed by atoms with Crippen molar-refractivity contribution in [2.75, 3.05) is 13.1 Å². The zero-order valence-corrected chi connectivity index (χ0v) is 9.93. The van der Waals surface area contributed by atoms with Crippen molar-refractivity contribution in [2.45, 2.75) is 17.7 Å². The topological polar surface area (TPSA) is 72.2 Å². The van der Waals surface area contributed by atoms with Gasteiger partial charge in [0.15, 0.2) is 0 Å². The van der Waals surface area contributed by atoms with Crippen molar-refractivity contribution in [1.29, 1.82) is 0 Å². The molecule has 0 fully saturated rings. The van der Waals surface area contributed by atoms with Gasteiger partial charge in [-0.1, -0.05) is 0 Å². The summed E-state index contributed by atoms with van der Waals surface area (Å²) in [6.07, 6.45) is 1.24. The average Bonchev–Trinajstić information content (AvgIpc) is 2.24. The number of sulfonamides is 1. The zero-order valence-electron chi connectivity index (χ0n) is 9.12. The van der Waals surface area contributed by atoms with Crippen molar-refractivity contribution < 1.29 is 17.2 Å². The molecule has 1 rings (SSSR count). The van der Waals surface area contributed by atoms with Gasteiger partial charge >= 0.3 is 0 Å². The van der Waals surface area contributed by atoms with E-state index in [1.165, 1.54) is 0 Å². The van der Waals surface area contributed by atoms with Gasteiger partial charge in [0.2, 0.25) is 10.0 Å². The molecule has 3 N–H and O–H groups in total. The van der Waals surface area contributed by atoms with E-state index in [0.29, 0.717) is 25.5 Å². The highest BCUT2D eigenvalue weighted by molar-refractivity contribution is 7.89. The van der Waals surface area contributed by atoms with Gasteiger partial charge in [-0.2, -0.15) is 0 Å². The Bertz CT molecular complexity index is 477. The molecule has 17 heavy (non-hydrogen) atoms. The summed E-state index contributed by atoms with van der Waals surface area (Å²) in [6, 6.07) is 2.34. The van der Waals surface area contributed by atoms with E-state index >= 15 is 0 Å². The van der Waals surface area contributed by atoms with E-state index in [2.05, 4.69) is 4.72 Å². The lowest BCUT2D eigenvalue weighted by atomic mass is 10.3. The molecule has 0 saturated carbocycles. The van der Waals surface area contributed by atoms with Crippen LogP contribution in [0, 0.1) is 11.6 Å². The van der Waals surface area contributed by atoms with Crippen LogP contribution >= 0.6 is 0 Å². The molecule has 0 atom stereocenters. The molecule has 7 heteroatoms. The molecule has 96 valence electrons. The average molecular weight is 264 g/mol. The first kappa shape index (κ1) is 14.0. The molecule has 0 heterocycles. The van der Waals surface area contributed by atoms with E-state index < -0.39 is 26.6 Å². The van der Waals surface area contributed by atoms with E-state index in [-0.39, 0.29) is 6.54 Å². The number of hydrogen-bond donors (Lipinski definition) is 2. The standard InChI is InChI=1S/C10H14F2N2O2S/c11-8-3-4-10(9(12)7-8)17(15,16)14-6-2-1-5-13/h3-4,7,14H,1-2,5-6,13H2. The molecule has 0 saturated heterocycles. The number of hydrogen-bond acceptors (Lipinski definition) is 3. The fourth-order valence-electron chi connectivity index (χ4n) is 1.25. The molecule has 0 unspecified atom stereocenters. The Hall–Kier alpha value is -1.05. The summed E-state index contributed by atoms with van der Waals surface area (Å²) in [7, 11) is -3.92. The highest BCUT2D eigenvalue weighted by Gasteiger charge is 2.18. The Labute approximate surface area is 98.9 Å². The van der Waals surface area contributed by atoms with Crippen LogP contribution in [-0.4, -0.2) is 21.5 Å². The van der Waals surface area contributed by atoms with Crippen LogP contribution in [0.5, 0.6) is 0 Å². The van der Waals surface area contributed by atoms with Crippen LogP contribution in [0.25, 0.3) is 0 Å². The number of nitrogens with two attached hydrogens (primary N) is 1. The van der Waals surface area contributed by atoms with Crippen LogP contribution in [0.2, 0.25) is 0 Å². The molecule has 0 spiro atoms. The largest absolute Gasteiger partial charge is 0.330 e. The fourth-order valence-corrected chi connectivity index (χ4v) is 2.38. The quantitative estimate of drug-likeness (QED) is 0.752. The number of nitrogens with one attached hydrogen (secondary N) is 1. The second kappa shape index (κ2) is 6.04. The molecule has 0 radical (unpaired) electrons. The molecular formula is C10H14F2N2O2S. The Morgan fingerprint density at radius 3 is 2.53 bits per heavy atom. The Morgan fingerprint density at radius 1 is 1.24 bits per heavy atom. The van der Waals surface area contributed by atoms with Gasteiger partial charge in [-0.3, -0.25) is 0 Å². The summed E-state index contributed by atoms with van der Waals surface area (Å²) in [5.41, 5.74) is 5.25. The van der Waals surface area contributed by atoms with E-state index in [1.54, 1.807) is 0 Å². The first-order chi connectivity index (χ1) is 7.97. The first-order valence-corrected chi connectivity index (χ1v) is 6.60. The first-order valence-electron chi connectivity index (χ1n) is 5.12. The van der Waals surface area contributed by atoms with E-state index in [0.717, 1.165) is 12.1 Å². The Kier molecular flexibility index (Phi) is 4.98. The maximum Gasteiger partial charge on any atom is 0.243 e. The Morgan fingerprint density at radius 2 is 1.94 bits per heavy atom. The van der Waals surface area contributed by atoms with E-state index in [9.17, 15) is 17.2 Å². The molecule has 1 aromatic carbocycles. The van der Waals surface area contributed by atoms with Gasteiger partial charge in [0.25, 0.3) is 0 Å². The van der Waals surface area contributed by atoms with Gasteiger partial charge in [-0.25, -0.2) is 21.9 Å². The second-order valence-corrected chi connectivity index (χ2v) is 5.20. The molecule has 0 bridgehead atoms. The second-order valence-electron chi connectivity index (χ2n) is 3.47. The molecule has 1 aromatic rings. The zero-order chi connectivity index (χ0) is 12.9. The van der Waals surface area contributed by atoms with Crippen molar-refractivity contribution in [3.63, 3.8) is 0 Å². The molecule has 0 aliphatic rings. The maximum atomic E-state index is 13.2. The highest BCUT2D eigenvalue weighted by Crippen LogP contribution is 2.15. The molecule has 0 aliphatic carbocycles. The van der Waals surface area contributed by atoms with E-state index in [1.807, 2.05) is 0 Å². The summed E-state index contributed by atoms with van der Waals surface area (Å²) in [6.45, 7) is 0.642. The third-order valence-electron chi connectivity index (χ3n) is 2.11. The van der Waals surface area contributed by atoms with Crippen LogP contribution in [0.3, 0.4) is 0 Å². The monoisotopic (exact) mass is 264 g/mol. The number of halogens is 2. The van der Waals surface area contributed by atoms with Crippen molar-refractivity contribution in [3.05, 3.63) is 29.8 Å². The minimum absolute atomic E-state index is 0.177. The lowest BCUT2D eigenvalue weighted by Crippen LogP contribution is -2.26. The van der Waals surface area contributed by atoms with Gasteiger partial charge in [0, 0.05) is 12.6 Å². The SMILES string of the molecule is NCCCCNS(=O)(=O)c1ccc(F)cc1F. The molecule has 0 aromatic heterocycles.